The Bertz CT molecular complexity index is 1030. The van der Waals surface area contributed by atoms with E-state index in [1.165, 1.54) is 6.33 Å². The van der Waals surface area contributed by atoms with Gasteiger partial charge in [0.15, 0.2) is 5.82 Å². The first-order valence-corrected chi connectivity index (χ1v) is 9.68. The quantitative estimate of drug-likeness (QED) is 0.574. The minimum Gasteiger partial charge on any atom is -0.481 e. The molecule has 0 radical (unpaired) electrons. The maximum Gasteiger partial charge on any atom is 0.253 e. The van der Waals surface area contributed by atoms with Crippen molar-refractivity contribution in [3.8, 4) is 17.1 Å². The molecule has 3 aromatic heterocycles. The van der Waals surface area contributed by atoms with Crippen LogP contribution in [0.3, 0.4) is 0 Å². The number of aliphatic hydroxyl groups is 1. The molecule has 3 heterocycles. The summed E-state index contributed by atoms with van der Waals surface area (Å²) in [6, 6.07) is 5.37. The third-order valence-corrected chi connectivity index (χ3v) is 5.34. The van der Waals surface area contributed by atoms with Crippen LogP contribution in [0.1, 0.15) is 42.5 Å². The van der Waals surface area contributed by atoms with E-state index in [2.05, 4.69) is 20.4 Å². The molecule has 1 amide bonds. The van der Waals surface area contributed by atoms with Crippen molar-refractivity contribution in [3.05, 3.63) is 36.3 Å². The Morgan fingerprint density at radius 2 is 2.14 bits per heavy atom. The molecule has 2 unspecified atom stereocenters. The van der Waals surface area contributed by atoms with E-state index < -0.39 is 0 Å². The molecule has 9 heteroatoms. The van der Waals surface area contributed by atoms with Gasteiger partial charge in [-0.25, -0.2) is 14.5 Å². The van der Waals surface area contributed by atoms with Gasteiger partial charge in [0.2, 0.25) is 5.88 Å². The van der Waals surface area contributed by atoms with Gasteiger partial charge in [-0.1, -0.05) is 0 Å². The number of hydrogen-bond donors (Lipinski definition) is 3. The molecule has 1 aliphatic rings. The van der Waals surface area contributed by atoms with E-state index in [-0.39, 0.29) is 23.9 Å². The van der Waals surface area contributed by atoms with Gasteiger partial charge in [0.25, 0.3) is 5.91 Å². The average molecular weight is 396 g/mol. The lowest BCUT2D eigenvalue weighted by Crippen LogP contribution is -2.34. The molecule has 29 heavy (non-hydrogen) atoms. The first kappa shape index (κ1) is 19.1. The summed E-state index contributed by atoms with van der Waals surface area (Å²) >= 11 is 0. The summed E-state index contributed by atoms with van der Waals surface area (Å²) in [6.45, 7) is 0. The third-order valence-electron chi connectivity index (χ3n) is 5.34. The fraction of sp³-hybridized carbons (Fsp3) is 0.400. The number of carbonyl (C=O) groups is 1. The average Bonchev–Trinajstić information content (AvgIpc) is 3.01. The minimum atomic E-state index is -0.287. The highest BCUT2D eigenvalue weighted by Crippen LogP contribution is 2.29. The van der Waals surface area contributed by atoms with Crippen LogP contribution in [0.2, 0.25) is 0 Å². The van der Waals surface area contributed by atoms with Crippen LogP contribution in [0.5, 0.6) is 5.88 Å². The number of rotatable bonds is 4. The van der Waals surface area contributed by atoms with E-state index in [0.29, 0.717) is 29.1 Å². The first-order chi connectivity index (χ1) is 14.1. The molecular weight excluding hydrogens is 372 g/mol. The van der Waals surface area contributed by atoms with Crippen molar-refractivity contribution >= 4 is 17.2 Å². The van der Waals surface area contributed by atoms with E-state index in [0.717, 1.165) is 31.2 Å². The van der Waals surface area contributed by atoms with Gasteiger partial charge >= 0.3 is 0 Å². The van der Waals surface area contributed by atoms with Gasteiger partial charge in [-0.3, -0.25) is 4.79 Å². The first-order valence-electron chi connectivity index (χ1n) is 9.68. The number of nitrogen functional groups attached to an aromatic ring is 1. The lowest BCUT2D eigenvalue weighted by molar-refractivity contribution is 0.0932. The number of nitrogens with two attached hydrogens (primary N) is 1. The summed E-state index contributed by atoms with van der Waals surface area (Å²) in [5.41, 5.74) is 8.46. The summed E-state index contributed by atoms with van der Waals surface area (Å²) in [5.74, 6) is 0.467. The van der Waals surface area contributed by atoms with E-state index in [4.69, 9.17) is 10.5 Å². The number of pyridine rings is 1. The molecule has 2 atom stereocenters. The minimum absolute atomic E-state index is 0.0184. The van der Waals surface area contributed by atoms with E-state index >= 15 is 0 Å². The number of fused-ring (bicyclic) bond motifs is 1. The van der Waals surface area contributed by atoms with Gasteiger partial charge in [0, 0.05) is 23.9 Å². The molecule has 1 saturated carbocycles. The number of ether oxygens (including phenoxy) is 1. The van der Waals surface area contributed by atoms with Gasteiger partial charge in [0.05, 0.1) is 24.5 Å². The van der Waals surface area contributed by atoms with Gasteiger partial charge in [-0.15, -0.1) is 0 Å². The molecule has 0 spiro atoms. The number of nitrogens with one attached hydrogen (secondary N) is 1. The van der Waals surface area contributed by atoms with Crippen molar-refractivity contribution in [3.63, 3.8) is 0 Å². The van der Waals surface area contributed by atoms with E-state index in [1.54, 1.807) is 30.0 Å². The van der Waals surface area contributed by atoms with Crippen LogP contribution in [0.25, 0.3) is 16.8 Å². The highest BCUT2D eigenvalue weighted by molar-refractivity contribution is 6.05. The molecule has 4 N–H and O–H groups in total. The van der Waals surface area contributed by atoms with Crippen LogP contribution in [-0.4, -0.2) is 49.9 Å². The number of nitrogens with zero attached hydrogens (tertiary/aromatic N) is 4. The molecule has 9 nitrogen and oxygen atoms in total. The topological polar surface area (TPSA) is 128 Å². The molecule has 0 aromatic carbocycles. The van der Waals surface area contributed by atoms with Crippen molar-refractivity contribution < 1.29 is 14.6 Å². The Hall–Kier alpha value is -3.20. The Kier molecular flexibility index (Phi) is 5.30. The molecule has 3 aromatic rings. The molecule has 0 aliphatic heterocycles. The van der Waals surface area contributed by atoms with E-state index in [9.17, 15) is 9.90 Å². The number of anilines is 1. The summed E-state index contributed by atoms with van der Waals surface area (Å²) in [7, 11) is 1.55. The van der Waals surface area contributed by atoms with Crippen LogP contribution in [0.4, 0.5) is 5.82 Å². The molecule has 4 rings (SSSR count). The predicted octanol–water partition coefficient (Wildman–Crippen LogP) is 1.81. The maximum absolute atomic E-state index is 13.1. The molecular formula is C20H24N6O3. The zero-order chi connectivity index (χ0) is 20.4. The fourth-order valence-electron chi connectivity index (χ4n) is 3.82. The molecule has 0 bridgehead atoms. The lowest BCUT2D eigenvalue weighted by Gasteiger charge is -2.16. The third kappa shape index (κ3) is 3.86. The SMILES string of the molecule is COc1cc(-c2cc(C(=O)NC3CCCC(O)CC3)c3c(N)ncnn23)ccn1. The lowest BCUT2D eigenvalue weighted by atomic mass is 10.1. The molecule has 152 valence electrons. The number of carbonyl (C=O) groups excluding carboxylic acids is 1. The van der Waals surface area contributed by atoms with Crippen LogP contribution in [0.15, 0.2) is 30.7 Å². The number of hydrogen-bond acceptors (Lipinski definition) is 7. The second-order valence-corrected chi connectivity index (χ2v) is 7.27. The number of aromatic nitrogens is 4. The Labute approximate surface area is 167 Å². The normalized spacial score (nSPS) is 19.7. The highest BCUT2D eigenvalue weighted by atomic mass is 16.5. The van der Waals surface area contributed by atoms with E-state index in [1.807, 2.05) is 6.07 Å². The second kappa shape index (κ2) is 8.04. The monoisotopic (exact) mass is 396 g/mol. The molecule has 1 fully saturated rings. The number of aliphatic hydroxyl groups excluding tert-OH is 1. The summed E-state index contributed by atoms with van der Waals surface area (Å²) in [5, 5.41) is 17.2. The Morgan fingerprint density at radius 1 is 1.28 bits per heavy atom. The predicted molar refractivity (Wildman–Crippen MR) is 108 cm³/mol. The summed E-state index contributed by atoms with van der Waals surface area (Å²) in [4.78, 5) is 21.3. The molecule has 1 aliphatic carbocycles. The standard InChI is InChI=1S/C20H24N6O3/c1-29-17-9-12(7-8-22-17)16-10-15(18-19(21)23-11-24-26(16)18)20(28)25-13-3-2-4-14(27)6-5-13/h7-11,13-14,27H,2-6H2,1H3,(H,25,28)(H2,21,23,24). The number of amides is 1. The highest BCUT2D eigenvalue weighted by Gasteiger charge is 2.24. The number of methoxy groups -OCH3 is 1. The Balaban J connectivity index is 1.71. The van der Waals surface area contributed by atoms with Gasteiger partial charge < -0.3 is 20.9 Å². The molecule has 0 saturated heterocycles. The van der Waals surface area contributed by atoms with Crippen molar-refractivity contribution in [2.45, 2.75) is 44.2 Å². The summed E-state index contributed by atoms with van der Waals surface area (Å²) < 4.78 is 6.82. The van der Waals surface area contributed by atoms with Gasteiger partial charge in [-0.05, 0) is 44.2 Å². The largest absolute Gasteiger partial charge is 0.481 e. The van der Waals surface area contributed by atoms with Crippen LogP contribution >= 0.6 is 0 Å². The Morgan fingerprint density at radius 3 is 2.97 bits per heavy atom. The second-order valence-electron chi connectivity index (χ2n) is 7.27. The van der Waals surface area contributed by atoms with Crippen LogP contribution in [-0.2, 0) is 0 Å². The fourth-order valence-corrected chi connectivity index (χ4v) is 3.82. The maximum atomic E-state index is 13.1. The smallest absolute Gasteiger partial charge is 0.253 e. The van der Waals surface area contributed by atoms with Gasteiger partial charge in [-0.2, -0.15) is 5.10 Å². The zero-order valence-corrected chi connectivity index (χ0v) is 16.2. The van der Waals surface area contributed by atoms with Crippen molar-refractivity contribution in [1.29, 1.82) is 0 Å². The summed E-state index contributed by atoms with van der Waals surface area (Å²) in [6.07, 6.45) is 6.65. The van der Waals surface area contributed by atoms with Crippen LogP contribution < -0.4 is 15.8 Å². The van der Waals surface area contributed by atoms with Crippen LogP contribution in [0, 0.1) is 0 Å². The zero-order valence-electron chi connectivity index (χ0n) is 16.2. The van der Waals surface area contributed by atoms with Gasteiger partial charge in [0.1, 0.15) is 11.8 Å². The van der Waals surface area contributed by atoms with Crippen molar-refractivity contribution in [2.24, 2.45) is 0 Å². The van der Waals surface area contributed by atoms with Crippen molar-refractivity contribution in [1.82, 2.24) is 24.9 Å². The van der Waals surface area contributed by atoms with Crippen molar-refractivity contribution in [2.75, 3.05) is 12.8 Å².